The monoisotopic (exact) mass is 261 g/mol. The van der Waals surface area contributed by atoms with Gasteiger partial charge in [-0.15, -0.1) is 0 Å². The maximum Gasteiger partial charge on any atom is 0.243 e. The number of hydrogen-bond donors (Lipinski definition) is 1. The third-order valence-corrected chi connectivity index (χ3v) is 3.49. The van der Waals surface area contributed by atoms with Gasteiger partial charge in [-0.05, 0) is 24.5 Å². The first-order chi connectivity index (χ1) is 9.02. The maximum atomic E-state index is 12.2. The van der Waals surface area contributed by atoms with Crippen molar-refractivity contribution < 1.29 is 9.59 Å². The Kier molecular flexibility index (Phi) is 3.83. The molecule has 1 N–H and O–H groups in total. The highest BCUT2D eigenvalue weighted by Gasteiger charge is 2.39. The molecule has 0 aromatic carbocycles. The van der Waals surface area contributed by atoms with Gasteiger partial charge in [0.05, 0.1) is 12.6 Å². The SMILES string of the molecule is CC(C)C1C(=O)NCC(=O)N1C(C)c1cccnc1. The van der Waals surface area contributed by atoms with Crippen molar-refractivity contribution in [1.82, 2.24) is 15.2 Å². The Morgan fingerprint density at radius 1 is 1.37 bits per heavy atom. The third kappa shape index (κ3) is 2.59. The van der Waals surface area contributed by atoms with E-state index in [4.69, 9.17) is 0 Å². The van der Waals surface area contributed by atoms with E-state index in [0.717, 1.165) is 5.56 Å². The number of aromatic nitrogens is 1. The van der Waals surface area contributed by atoms with Gasteiger partial charge >= 0.3 is 0 Å². The predicted molar refractivity (Wildman–Crippen MR) is 71.1 cm³/mol. The molecule has 1 saturated heterocycles. The Bertz CT molecular complexity index is 473. The van der Waals surface area contributed by atoms with Crippen LogP contribution >= 0.6 is 0 Å². The van der Waals surface area contributed by atoms with Gasteiger partial charge < -0.3 is 10.2 Å². The summed E-state index contributed by atoms with van der Waals surface area (Å²) < 4.78 is 0. The highest BCUT2D eigenvalue weighted by atomic mass is 16.2. The summed E-state index contributed by atoms with van der Waals surface area (Å²) in [4.78, 5) is 29.9. The molecular weight excluding hydrogens is 242 g/mol. The van der Waals surface area contributed by atoms with Crippen molar-refractivity contribution in [2.45, 2.75) is 32.9 Å². The van der Waals surface area contributed by atoms with Crippen LogP contribution in [0.15, 0.2) is 24.5 Å². The minimum Gasteiger partial charge on any atom is -0.345 e. The lowest BCUT2D eigenvalue weighted by molar-refractivity contribution is -0.150. The van der Waals surface area contributed by atoms with E-state index in [1.54, 1.807) is 17.3 Å². The van der Waals surface area contributed by atoms with Crippen molar-refractivity contribution >= 4 is 11.8 Å². The number of carbonyl (C=O) groups is 2. The summed E-state index contributed by atoms with van der Waals surface area (Å²) in [6.45, 7) is 5.91. The number of nitrogens with one attached hydrogen (secondary N) is 1. The van der Waals surface area contributed by atoms with Crippen LogP contribution in [-0.4, -0.2) is 34.3 Å². The zero-order valence-electron chi connectivity index (χ0n) is 11.5. The standard InChI is InChI=1S/C14H19N3O2/c1-9(2)13-14(19)16-8-12(18)17(13)10(3)11-5-4-6-15-7-11/h4-7,9-10,13H,8H2,1-3H3,(H,16,19). The fourth-order valence-corrected chi connectivity index (χ4v) is 2.50. The third-order valence-electron chi connectivity index (χ3n) is 3.49. The van der Waals surface area contributed by atoms with Crippen molar-refractivity contribution in [3.05, 3.63) is 30.1 Å². The van der Waals surface area contributed by atoms with Crippen LogP contribution in [0.25, 0.3) is 0 Å². The smallest absolute Gasteiger partial charge is 0.243 e. The number of nitrogens with zero attached hydrogens (tertiary/aromatic N) is 2. The molecule has 0 bridgehead atoms. The van der Waals surface area contributed by atoms with Crippen molar-refractivity contribution in [3.8, 4) is 0 Å². The van der Waals surface area contributed by atoms with Crippen LogP contribution in [0.5, 0.6) is 0 Å². The molecule has 2 atom stereocenters. The van der Waals surface area contributed by atoms with Crippen LogP contribution in [0.4, 0.5) is 0 Å². The predicted octanol–water partition coefficient (Wildman–Crippen LogP) is 1.13. The zero-order chi connectivity index (χ0) is 14.0. The molecule has 2 amide bonds. The van der Waals surface area contributed by atoms with Crippen LogP contribution in [0.2, 0.25) is 0 Å². The number of carbonyl (C=O) groups excluding carboxylic acids is 2. The van der Waals surface area contributed by atoms with Gasteiger partial charge in [-0.2, -0.15) is 0 Å². The van der Waals surface area contributed by atoms with Crippen LogP contribution < -0.4 is 5.32 Å². The second-order valence-electron chi connectivity index (χ2n) is 5.17. The quantitative estimate of drug-likeness (QED) is 0.887. The lowest BCUT2D eigenvalue weighted by atomic mass is 9.96. The molecule has 5 nitrogen and oxygen atoms in total. The molecule has 0 aliphatic carbocycles. The van der Waals surface area contributed by atoms with E-state index < -0.39 is 6.04 Å². The number of rotatable bonds is 3. The van der Waals surface area contributed by atoms with E-state index in [0.29, 0.717) is 0 Å². The Morgan fingerprint density at radius 3 is 2.68 bits per heavy atom. The molecule has 1 aromatic rings. The lowest BCUT2D eigenvalue weighted by Gasteiger charge is -2.41. The molecule has 0 radical (unpaired) electrons. The van der Waals surface area contributed by atoms with Crippen LogP contribution in [0.1, 0.15) is 32.4 Å². The number of piperazine rings is 1. The van der Waals surface area contributed by atoms with Gasteiger partial charge in [0, 0.05) is 12.4 Å². The van der Waals surface area contributed by atoms with Gasteiger partial charge in [0.1, 0.15) is 6.04 Å². The Balaban J connectivity index is 2.33. The van der Waals surface area contributed by atoms with Gasteiger partial charge in [-0.1, -0.05) is 19.9 Å². The van der Waals surface area contributed by atoms with Crippen molar-refractivity contribution in [1.29, 1.82) is 0 Å². The Labute approximate surface area is 113 Å². The highest BCUT2D eigenvalue weighted by Crippen LogP contribution is 2.26. The van der Waals surface area contributed by atoms with Gasteiger partial charge in [0.15, 0.2) is 0 Å². The molecule has 1 aliphatic heterocycles. The second kappa shape index (κ2) is 5.38. The summed E-state index contributed by atoms with van der Waals surface area (Å²) in [7, 11) is 0. The number of amides is 2. The van der Waals surface area contributed by atoms with Crippen LogP contribution in [0, 0.1) is 5.92 Å². The van der Waals surface area contributed by atoms with Gasteiger partial charge in [0.25, 0.3) is 0 Å². The van der Waals surface area contributed by atoms with Gasteiger partial charge in [-0.25, -0.2) is 0 Å². The Hall–Kier alpha value is -1.91. The van der Waals surface area contributed by atoms with Crippen LogP contribution in [-0.2, 0) is 9.59 Å². The van der Waals surface area contributed by atoms with Crippen molar-refractivity contribution in [2.24, 2.45) is 5.92 Å². The fraction of sp³-hybridized carbons (Fsp3) is 0.500. The zero-order valence-corrected chi connectivity index (χ0v) is 11.5. The molecule has 102 valence electrons. The van der Waals surface area contributed by atoms with Crippen molar-refractivity contribution in [2.75, 3.05) is 6.54 Å². The van der Waals surface area contributed by atoms with Gasteiger partial charge in [0.2, 0.25) is 11.8 Å². The molecule has 1 fully saturated rings. The minimum atomic E-state index is -0.420. The maximum absolute atomic E-state index is 12.2. The van der Waals surface area contributed by atoms with E-state index in [1.807, 2.05) is 32.9 Å². The van der Waals surface area contributed by atoms with Gasteiger partial charge in [-0.3, -0.25) is 14.6 Å². The molecule has 5 heteroatoms. The van der Waals surface area contributed by atoms with E-state index in [2.05, 4.69) is 10.3 Å². The first kappa shape index (κ1) is 13.5. The molecule has 0 spiro atoms. The number of hydrogen-bond acceptors (Lipinski definition) is 3. The average Bonchev–Trinajstić information content (AvgIpc) is 2.41. The summed E-state index contributed by atoms with van der Waals surface area (Å²) in [5, 5.41) is 2.65. The molecule has 2 heterocycles. The van der Waals surface area contributed by atoms with E-state index >= 15 is 0 Å². The molecule has 1 aromatic heterocycles. The summed E-state index contributed by atoms with van der Waals surface area (Å²) in [6.07, 6.45) is 3.43. The summed E-state index contributed by atoms with van der Waals surface area (Å²) in [5.41, 5.74) is 0.941. The van der Waals surface area contributed by atoms with Crippen LogP contribution in [0.3, 0.4) is 0 Å². The van der Waals surface area contributed by atoms with E-state index in [1.165, 1.54) is 0 Å². The average molecular weight is 261 g/mol. The topological polar surface area (TPSA) is 62.3 Å². The Morgan fingerprint density at radius 2 is 2.11 bits per heavy atom. The minimum absolute atomic E-state index is 0.0466. The molecule has 1 aliphatic rings. The molecule has 2 rings (SSSR count). The summed E-state index contributed by atoms with van der Waals surface area (Å²) in [5.74, 6) is -0.0524. The molecule has 0 saturated carbocycles. The molecule has 19 heavy (non-hydrogen) atoms. The normalized spacial score (nSPS) is 21.5. The number of pyridine rings is 1. The first-order valence-electron chi connectivity index (χ1n) is 6.51. The van der Waals surface area contributed by atoms with E-state index in [9.17, 15) is 9.59 Å². The van der Waals surface area contributed by atoms with Crippen molar-refractivity contribution in [3.63, 3.8) is 0 Å². The fourth-order valence-electron chi connectivity index (χ4n) is 2.50. The largest absolute Gasteiger partial charge is 0.345 e. The molecule has 2 unspecified atom stereocenters. The van der Waals surface area contributed by atoms with E-state index in [-0.39, 0.29) is 30.3 Å². The molecular formula is C14H19N3O2. The first-order valence-corrected chi connectivity index (χ1v) is 6.51. The second-order valence-corrected chi connectivity index (χ2v) is 5.17. The lowest BCUT2D eigenvalue weighted by Crippen LogP contribution is -2.60. The highest BCUT2D eigenvalue weighted by molar-refractivity contribution is 5.95. The summed E-state index contributed by atoms with van der Waals surface area (Å²) in [6, 6.07) is 3.19. The summed E-state index contributed by atoms with van der Waals surface area (Å²) >= 11 is 0.